The molecule has 2 aliphatic heterocycles. The van der Waals surface area contributed by atoms with E-state index in [9.17, 15) is 0 Å². The van der Waals surface area contributed by atoms with E-state index in [1.54, 1.807) is 0 Å². The Hall–Kier alpha value is -0.870. The Labute approximate surface area is 166 Å². The van der Waals surface area contributed by atoms with E-state index in [1.165, 1.54) is 0 Å². The number of rotatable bonds is 5. The molecular weight excluding hydrogens is 435 g/mol. The lowest BCUT2D eigenvalue weighted by atomic mass is 10.1. The summed E-state index contributed by atoms with van der Waals surface area (Å²) in [5, 5.41) is 7.39. The summed E-state index contributed by atoms with van der Waals surface area (Å²) in [6.45, 7) is 8.68. The molecule has 25 heavy (non-hydrogen) atoms. The second-order valence-corrected chi connectivity index (χ2v) is 6.22. The van der Waals surface area contributed by atoms with Gasteiger partial charge in [-0.15, -0.1) is 24.0 Å². The Bertz CT molecular complexity index is 546. The predicted molar refractivity (Wildman–Crippen MR) is 106 cm³/mol. The molecular formula is C17H29IN4O3. The van der Waals surface area contributed by atoms with Crippen LogP contribution in [0.3, 0.4) is 0 Å². The number of hydrogen-bond donors (Lipinski definition) is 1. The average molecular weight is 464 g/mol. The molecule has 3 heterocycles. The maximum atomic E-state index is 5.92. The first-order valence-corrected chi connectivity index (χ1v) is 9.01. The van der Waals surface area contributed by atoms with Gasteiger partial charge >= 0.3 is 0 Å². The second-order valence-electron chi connectivity index (χ2n) is 6.22. The number of hydrogen-bond acceptors (Lipinski definition) is 5. The molecule has 142 valence electrons. The second kappa shape index (κ2) is 10.3. The predicted octanol–water partition coefficient (Wildman–Crippen LogP) is 2.20. The largest absolute Gasteiger partial charge is 0.375 e. The van der Waals surface area contributed by atoms with Gasteiger partial charge < -0.3 is 24.2 Å². The van der Waals surface area contributed by atoms with E-state index in [2.05, 4.69) is 29.2 Å². The molecule has 0 aliphatic carbocycles. The minimum Gasteiger partial charge on any atom is -0.375 e. The molecule has 0 aromatic carbocycles. The maximum absolute atomic E-state index is 5.92. The van der Waals surface area contributed by atoms with Crippen molar-refractivity contribution in [2.45, 2.75) is 51.9 Å². The van der Waals surface area contributed by atoms with Gasteiger partial charge in [0.25, 0.3) is 0 Å². The molecule has 0 saturated carbocycles. The number of nitrogens with zero attached hydrogens (tertiary/aromatic N) is 3. The van der Waals surface area contributed by atoms with E-state index < -0.39 is 0 Å². The first-order valence-electron chi connectivity index (χ1n) is 9.01. The lowest BCUT2D eigenvalue weighted by Gasteiger charge is -2.37. The molecule has 3 rings (SSSR count). The summed E-state index contributed by atoms with van der Waals surface area (Å²) in [5.74, 6) is 1.70. The topological polar surface area (TPSA) is 72.1 Å². The third-order valence-electron chi connectivity index (χ3n) is 4.46. The molecule has 0 radical (unpaired) electrons. The van der Waals surface area contributed by atoms with Gasteiger partial charge in [0.2, 0.25) is 0 Å². The number of halogens is 1. The Balaban J connectivity index is 0.00000225. The van der Waals surface area contributed by atoms with Crippen LogP contribution in [0.5, 0.6) is 0 Å². The normalized spacial score (nSPS) is 24.2. The summed E-state index contributed by atoms with van der Waals surface area (Å²) in [4.78, 5) is 6.98. The van der Waals surface area contributed by atoms with Crippen LogP contribution < -0.4 is 5.32 Å². The van der Waals surface area contributed by atoms with Crippen molar-refractivity contribution in [3.05, 3.63) is 17.5 Å². The van der Waals surface area contributed by atoms with Crippen LogP contribution in [0.2, 0.25) is 0 Å². The van der Waals surface area contributed by atoms with Gasteiger partial charge in [-0.05, 0) is 26.2 Å². The van der Waals surface area contributed by atoms with Crippen molar-refractivity contribution in [1.29, 1.82) is 0 Å². The van der Waals surface area contributed by atoms with Gasteiger partial charge in [0.05, 0.1) is 18.4 Å². The molecule has 0 amide bonds. The Morgan fingerprint density at radius 3 is 2.84 bits per heavy atom. The summed E-state index contributed by atoms with van der Waals surface area (Å²) >= 11 is 0. The molecule has 0 bridgehead atoms. The van der Waals surface area contributed by atoms with E-state index in [-0.39, 0.29) is 36.2 Å². The van der Waals surface area contributed by atoms with Crippen LogP contribution in [0.25, 0.3) is 0 Å². The van der Waals surface area contributed by atoms with Crippen molar-refractivity contribution in [3.63, 3.8) is 0 Å². The van der Waals surface area contributed by atoms with Gasteiger partial charge in [0.1, 0.15) is 12.6 Å². The molecule has 8 heteroatoms. The third kappa shape index (κ3) is 5.55. The molecule has 2 aliphatic rings. The van der Waals surface area contributed by atoms with Crippen LogP contribution in [0, 0.1) is 0 Å². The van der Waals surface area contributed by atoms with Gasteiger partial charge in [0, 0.05) is 32.3 Å². The monoisotopic (exact) mass is 464 g/mol. The molecule has 2 fully saturated rings. The van der Waals surface area contributed by atoms with Gasteiger partial charge in [0.15, 0.2) is 11.7 Å². The molecule has 1 aromatic heterocycles. The van der Waals surface area contributed by atoms with E-state index >= 15 is 0 Å². The number of guanidine groups is 1. The highest BCUT2D eigenvalue weighted by molar-refractivity contribution is 14.0. The van der Waals surface area contributed by atoms with Crippen LogP contribution in [0.1, 0.15) is 38.1 Å². The van der Waals surface area contributed by atoms with E-state index in [0.717, 1.165) is 62.9 Å². The Morgan fingerprint density at radius 2 is 2.16 bits per heavy atom. The highest BCUT2D eigenvalue weighted by Crippen LogP contribution is 2.21. The number of aliphatic imine (C=N–C) groups is 1. The van der Waals surface area contributed by atoms with Crippen LogP contribution in [0.4, 0.5) is 0 Å². The number of morpholine rings is 1. The lowest BCUT2D eigenvalue weighted by molar-refractivity contribution is -0.0817. The van der Waals surface area contributed by atoms with E-state index in [0.29, 0.717) is 13.2 Å². The fourth-order valence-corrected chi connectivity index (χ4v) is 3.16. The van der Waals surface area contributed by atoms with Crippen molar-refractivity contribution in [1.82, 2.24) is 15.4 Å². The summed E-state index contributed by atoms with van der Waals surface area (Å²) in [5.41, 5.74) is 0.968. The SMILES string of the molecule is CCNC(=NCc1cc(CC)no1)N1CCOC(C2CCCO2)C1.I. The highest BCUT2D eigenvalue weighted by atomic mass is 127. The Morgan fingerprint density at radius 1 is 1.32 bits per heavy atom. The zero-order valence-corrected chi connectivity index (χ0v) is 17.4. The number of nitrogens with one attached hydrogen (secondary N) is 1. The van der Waals surface area contributed by atoms with Gasteiger partial charge in [-0.2, -0.15) is 0 Å². The van der Waals surface area contributed by atoms with Crippen LogP contribution in [0.15, 0.2) is 15.6 Å². The fraction of sp³-hybridized carbons (Fsp3) is 0.765. The van der Waals surface area contributed by atoms with Gasteiger partial charge in [-0.25, -0.2) is 4.99 Å². The molecule has 2 unspecified atom stereocenters. The van der Waals surface area contributed by atoms with E-state index in [1.807, 2.05) is 6.07 Å². The zero-order chi connectivity index (χ0) is 16.8. The molecule has 1 N–H and O–H groups in total. The van der Waals surface area contributed by atoms with Gasteiger partial charge in [-0.3, -0.25) is 0 Å². The smallest absolute Gasteiger partial charge is 0.194 e. The summed E-state index contributed by atoms with van der Waals surface area (Å²) < 4.78 is 17.0. The first kappa shape index (κ1) is 20.4. The standard InChI is InChI=1S/C17H28N4O3.HI/c1-3-13-10-14(24-20-13)11-19-17(18-4-2)21-7-9-23-16(12-21)15-6-5-8-22-15;/h10,15-16H,3-9,11-12H2,1-2H3,(H,18,19);1H. The Kier molecular flexibility index (Phi) is 8.44. The molecule has 2 atom stereocenters. The van der Waals surface area contributed by atoms with Crippen LogP contribution in [-0.4, -0.2) is 61.1 Å². The molecule has 0 spiro atoms. The first-order chi connectivity index (χ1) is 11.8. The van der Waals surface area contributed by atoms with Crippen molar-refractivity contribution >= 4 is 29.9 Å². The van der Waals surface area contributed by atoms with Crippen LogP contribution >= 0.6 is 24.0 Å². The van der Waals surface area contributed by atoms with Crippen molar-refractivity contribution in [3.8, 4) is 0 Å². The fourth-order valence-electron chi connectivity index (χ4n) is 3.16. The molecule has 1 aromatic rings. The number of ether oxygens (including phenoxy) is 2. The minimum absolute atomic E-state index is 0. The molecule has 2 saturated heterocycles. The summed E-state index contributed by atoms with van der Waals surface area (Å²) in [6.07, 6.45) is 3.44. The summed E-state index contributed by atoms with van der Waals surface area (Å²) in [7, 11) is 0. The average Bonchev–Trinajstić information content (AvgIpc) is 3.30. The van der Waals surface area contributed by atoms with Crippen molar-refractivity contribution in [2.75, 3.05) is 32.8 Å². The zero-order valence-electron chi connectivity index (χ0n) is 15.1. The number of aromatic nitrogens is 1. The maximum Gasteiger partial charge on any atom is 0.194 e. The quantitative estimate of drug-likeness (QED) is 0.410. The van der Waals surface area contributed by atoms with E-state index in [4.69, 9.17) is 19.0 Å². The van der Waals surface area contributed by atoms with Crippen LogP contribution in [-0.2, 0) is 22.4 Å². The van der Waals surface area contributed by atoms with Gasteiger partial charge in [-0.1, -0.05) is 12.1 Å². The van der Waals surface area contributed by atoms with Crippen molar-refractivity contribution < 1.29 is 14.0 Å². The molecule has 7 nitrogen and oxygen atoms in total. The summed E-state index contributed by atoms with van der Waals surface area (Å²) in [6, 6.07) is 1.97. The highest BCUT2D eigenvalue weighted by Gasteiger charge is 2.32. The van der Waals surface area contributed by atoms with Crippen molar-refractivity contribution in [2.24, 2.45) is 4.99 Å². The minimum atomic E-state index is 0. The number of aryl methyl sites for hydroxylation is 1. The third-order valence-corrected chi connectivity index (χ3v) is 4.46. The lowest BCUT2D eigenvalue weighted by Crippen LogP contribution is -2.53.